The first-order valence-electron chi connectivity index (χ1n) is 6.96. The highest BCUT2D eigenvalue weighted by Crippen LogP contribution is 2.14. The van der Waals surface area contributed by atoms with Crippen LogP contribution in [0.1, 0.15) is 47.0 Å². The lowest BCUT2D eigenvalue weighted by molar-refractivity contribution is -0.155. The van der Waals surface area contributed by atoms with Gasteiger partial charge in [0.1, 0.15) is 5.60 Å². The molecule has 1 aliphatic rings. The average molecular weight is 257 g/mol. The van der Waals surface area contributed by atoms with Crippen LogP contribution in [-0.4, -0.2) is 48.8 Å². The molecule has 1 rings (SSSR count). The van der Waals surface area contributed by atoms with Crippen molar-refractivity contribution >= 4 is 5.97 Å². The molecular weight excluding hydrogens is 230 g/mol. The van der Waals surface area contributed by atoms with Crippen molar-refractivity contribution in [1.82, 2.24) is 4.90 Å². The van der Waals surface area contributed by atoms with Gasteiger partial charge in [-0.2, -0.15) is 0 Å². The van der Waals surface area contributed by atoms with E-state index in [-0.39, 0.29) is 11.6 Å². The van der Waals surface area contributed by atoms with Crippen molar-refractivity contribution in [2.75, 3.05) is 26.2 Å². The second kappa shape index (κ2) is 7.10. The maximum absolute atomic E-state index is 11.6. The van der Waals surface area contributed by atoms with Crippen LogP contribution in [0.4, 0.5) is 0 Å². The molecule has 1 aliphatic heterocycles. The van der Waals surface area contributed by atoms with Gasteiger partial charge >= 0.3 is 5.97 Å². The predicted octanol–water partition coefficient (Wildman–Crippen LogP) is 2.22. The van der Waals surface area contributed by atoms with Crippen LogP contribution in [0.15, 0.2) is 0 Å². The van der Waals surface area contributed by atoms with Gasteiger partial charge in [0.25, 0.3) is 0 Å². The van der Waals surface area contributed by atoms with Gasteiger partial charge in [0, 0.05) is 19.7 Å². The Labute approximate surface area is 111 Å². The molecule has 0 aromatic heterocycles. The summed E-state index contributed by atoms with van der Waals surface area (Å²) in [6, 6.07) is 0. The molecule has 4 heteroatoms. The highest BCUT2D eigenvalue weighted by molar-refractivity contribution is 5.70. The van der Waals surface area contributed by atoms with Crippen molar-refractivity contribution in [3.63, 3.8) is 0 Å². The summed E-state index contributed by atoms with van der Waals surface area (Å²) in [7, 11) is 0. The Morgan fingerprint density at radius 3 is 2.67 bits per heavy atom. The van der Waals surface area contributed by atoms with Gasteiger partial charge in [0.2, 0.25) is 0 Å². The molecule has 0 saturated carbocycles. The Kier molecular flexibility index (Phi) is 6.09. The maximum atomic E-state index is 11.6. The van der Waals surface area contributed by atoms with Crippen LogP contribution >= 0.6 is 0 Å². The number of likely N-dealkylation sites (N-methyl/N-ethyl adjacent to an activating group) is 1. The van der Waals surface area contributed by atoms with Crippen molar-refractivity contribution < 1.29 is 14.3 Å². The second-order valence-electron chi connectivity index (χ2n) is 5.86. The summed E-state index contributed by atoms with van der Waals surface area (Å²) >= 11 is 0. The summed E-state index contributed by atoms with van der Waals surface area (Å²) in [4.78, 5) is 13.9. The van der Waals surface area contributed by atoms with Gasteiger partial charge in [-0.05, 0) is 40.2 Å². The van der Waals surface area contributed by atoms with E-state index in [0.29, 0.717) is 12.5 Å². The highest BCUT2D eigenvalue weighted by atomic mass is 16.6. The van der Waals surface area contributed by atoms with Crippen molar-refractivity contribution in [3.05, 3.63) is 0 Å². The van der Waals surface area contributed by atoms with Gasteiger partial charge in [-0.1, -0.05) is 6.92 Å². The third kappa shape index (κ3) is 6.36. The highest BCUT2D eigenvalue weighted by Gasteiger charge is 2.20. The normalized spacial score (nSPS) is 20.4. The Hall–Kier alpha value is -0.610. The number of hydrogen-bond acceptors (Lipinski definition) is 4. The fraction of sp³-hybridized carbons (Fsp3) is 0.929. The van der Waals surface area contributed by atoms with Gasteiger partial charge in [-0.15, -0.1) is 0 Å². The molecule has 0 amide bonds. The van der Waals surface area contributed by atoms with Crippen molar-refractivity contribution in [3.8, 4) is 0 Å². The smallest absolute Gasteiger partial charge is 0.307 e. The summed E-state index contributed by atoms with van der Waals surface area (Å²) in [5.74, 6) is -0.117. The zero-order chi connectivity index (χ0) is 13.6. The second-order valence-corrected chi connectivity index (χ2v) is 5.86. The minimum atomic E-state index is -0.386. The van der Waals surface area contributed by atoms with Gasteiger partial charge in [0.15, 0.2) is 0 Å². The van der Waals surface area contributed by atoms with E-state index < -0.39 is 0 Å². The van der Waals surface area contributed by atoms with Crippen LogP contribution in [0, 0.1) is 0 Å². The number of nitrogens with zero attached hydrogens (tertiary/aromatic N) is 1. The standard InChI is InChI=1S/C14H27NO3/c1-5-15(11-12-7-6-10-17-12)9-8-13(16)18-14(2,3)4/h12H,5-11H2,1-4H3. The van der Waals surface area contributed by atoms with Crippen LogP contribution in [0.5, 0.6) is 0 Å². The lowest BCUT2D eigenvalue weighted by Gasteiger charge is -2.24. The largest absolute Gasteiger partial charge is 0.460 e. The van der Waals surface area contributed by atoms with Crippen LogP contribution in [-0.2, 0) is 14.3 Å². The molecule has 0 radical (unpaired) electrons. The number of esters is 1. The number of carbonyl (C=O) groups is 1. The fourth-order valence-electron chi connectivity index (χ4n) is 2.10. The summed E-state index contributed by atoms with van der Waals surface area (Å²) in [5.41, 5.74) is -0.386. The van der Waals surface area contributed by atoms with E-state index in [1.54, 1.807) is 0 Å². The minimum absolute atomic E-state index is 0.117. The van der Waals surface area contributed by atoms with Crippen LogP contribution < -0.4 is 0 Å². The lowest BCUT2D eigenvalue weighted by Crippen LogP contribution is -2.34. The van der Waals surface area contributed by atoms with Crippen LogP contribution in [0.25, 0.3) is 0 Å². The number of hydrogen-bond donors (Lipinski definition) is 0. The third-order valence-corrected chi connectivity index (χ3v) is 2.99. The Balaban J connectivity index is 2.23. The Morgan fingerprint density at radius 2 is 2.17 bits per heavy atom. The van der Waals surface area contributed by atoms with E-state index in [1.165, 1.54) is 0 Å². The number of carbonyl (C=O) groups excluding carboxylic acids is 1. The van der Waals surface area contributed by atoms with Crippen molar-refractivity contribution in [1.29, 1.82) is 0 Å². The molecular formula is C14H27NO3. The molecule has 1 saturated heterocycles. The maximum Gasteiger partial charge on any atom is 0.307 e. The molecule has 4 nitrogen and oxygen atoms in total. The van der Waals surface area contributed by atoms with Gasteiger partial charge < -0.3 is 14.4 Å². The minimum Gasteiger partial charge on any atom is -0.460 e. The van der Waals surface area contributed by atoms with Gasteiger partial charge in [-0.3, -0.25) is 4.79 Å². The topological polar surface area (TPSA) is 38.8 Å². The van der Waals surface area contributed by atoms with E-state index in [9.17, 15) is 4.79 Å². The van der Waals surface area contributed by atoms with E-state index in [1.807, 2.05) is 20.8 Å². The molecule has 0 bridgehead atoms. The monoisotopic (exact) mass is 257 g/mol. The first kappa shape index (κ1) is 15.4. The first-order chi connectivity index (χ1) is 8.40. The van der Waals surface area contributed by atoms with E-state index in [0.717, 1.165) is 39.1 Å². The summed E-state index contributed by atoms with van der Waals surface area (Å²) in [6.45, 7) is 11.3. The number of rotatable bonds is 6. The lowest BCUT2D eigenvalue weighted by atomic mass is 10.2. The van der Waals surface area contributed by atoms with Crippen LogP contribution in [0.2, 0.25) is 0 Å². The predicted molar refractivity (Wildman–Crippen MR) is 71.6 cm³/mol. The quantitative estimate of drug-likeness (QED) is 0.684. The molecule has 0 aromatic rings. The third-order valence-electron chi connectivity index (χ3n) is 2.99. The van der Waals surface area contributed by atoms with Crippen molar-refractivity contribution in [2.24, 2.45) is 0 Å². The van der Waals surface area contributed by atoms with Gasteiger partial charge in [-0.25, -0.2) is 0 Å². The van der Waals surface area contributed by atoms with Crippen molar-refractivity contribution in [2.45, 2.75) is 58.7 Å². The SMILES string of the molecule is CCN(CCC(=O)OC(C)(C)C)CC1CCCO1. The molecule has 18 heavy (non-hydrogen) atoms. The molecule has 0 aromatic carbocycles. The molecule has 0 N–H and O–H groups in total. The molecule has 0 aliphatic carbocycles. The Bertz CT molecular complexity index is 254. The molecule has 106 valence electrons. The van der Waals surface area contributed by atoms with E-state index >= 15 is 0 Å². The molecule has 1 fully saturated rings. The fourth-order valence-corrected chi connectivity index (χ4v) is 2.10. The van der Waals surface area contributed by atoms with Crippen LogP contribution in [0.3, 0.4) is 0 Å². The zero-order valence-electron chi connectivity index (χ0n) is 12.2. The van der Waals surface area contributed by atoms with E-state index in [2.05, 4.69) is 11.8 Å². The molecule has 1 heterocycles. The summed E-state index contributed by atoms with van der Waals surface area (Å²) < 4.78 is 10.9. The summed E-state index contributed by atoms with van der Waals surface area (Å²) in [6.07, 6.45) is 3.11. The van der Waals surface area contributed by atoms with Gasteiger partial charge in [0.05, 0.1) is 12.5 Å². The average Bonchev–Trinajstić information content (AvgIpc) is 2.74. The number of ether oxygens (including phenoxy) is 2. The molecule has 0 spiro atoms. The Morgan fingerprint density at radius 1 is 1.44 bits per heavy atom. The van der Waals surface area contributed by atoms with E-state index in [4.69, 9.17) is 9.47 Å². The molecule has 1 unspecified atom stereocenters. The zero-order valence-corrected chi connectivity index (χ0v) is 12.2. The first-order valence-corrected chi connectivity index (χ1v) is 6.96. The summed E-state index contributed by atoms with van der Waals surface area (Å²) in [5, 5.41) is 0. The molecule has 1 atom stereocenters.